The molecule has 1 fully saturated rings. The standard InChI is InChI=1S/C20H28N4O3/c1-4-27-16-7-5-15(6-8-16)21-18(25)10-17-19(26)23-20(22-17)24-11-13(2)9-14(3)12-24/h5-8,13-14,17H,4,9-12H2,1-3H3,(H,21,25)(H,22,23,26)/t13-,14+,17-/m1/s1. The molecule has 0 spiro atoms. The van der Waals surface area contributed by atoms with Crippen molar-refractivity contribution in [2.75, 3.05) is 25.0 Å². The van der Waals surface area contributed by atoms with E-state index in [1.165, 1.54) is 6.42 Å². The third-order valence-electron chi connectivity index (χ3n) is 4.81. The minimum absolute atomic E-state index is 0.0293. The van der Waals surface area contributed by atoms with Crippen LogP contribution in [0.15, 0.2) is 29.3 Å². The number of benzene rings is 1. The van der Waals surface area contributed by atoms with Crippen molar-refractivity contribution in [2.45, 2.75) is 39.7 Å². The summed E-state index contributed by atoms with van der Waals surface area (Å²) in [6.07, 6.45) is 1.22. The molecule has 2 aliphatic rings. The second kappa shape index (κ2) is 8.41. The van der Waals surface area contributed by atoms with Gasteiger partial charge in [0.05, 0.1) is 13.0 Å². The topological polar surface area (TPSA) is 83.0 Å². The molecule has 3 rings (SSSR count). The van der Waals surface area contributed by atoms with Crippen LogP contribution in [0.5, 0.6) is 5.75 Å². The Hall–Kier alpha value is -2.57. The molecule has 1 aromatic rings. The number of ether oxygens (including phenoxy) is 1. The smallest absolute Gasteiger partial charge is 0.252 e. The highest BCUT2D eigenvalue weighted by atomic mass is 16.5. The molecular weight excluding hydrogens is 344 g/mol. The number of carbonyl (C=O) groups is 2. The molecule has 1 aromatic carbocycles. The van der Waals surface area contributed by atoms with E-state index in [-0.39, 0.29) is 18.2 Å². The van der Waals surface area contributed by atoms with Gasteiger partial charge in [0.1, 0.15) is 11.8 Å². The fourth-order valence-electron chi connectivity index (χ4n) is 3.76. The number of amides is 2. The van der Waals surface area contributed by atoms with E-state index in [9.17, 15) is 9.59 Å². The summed E-state index contributed by atoms with van der Waals surface area (Å²) < 4.78 is 5.38. The van der Waals surface area contributed by atoms with Crippen LogP contribution in [0.1, 0.15) is 33.6 Å². The van der Waals surface area contributed by atoms with Crippen LogP contribution in [0.4, 0.5) is 5.69 Å². The lowest BCUT2D eigenvalue weighted by molar-refractivity contribution is -0.124. The Morgan fingerprint density at radius 2 is 1.93 bits per heavy atom. The first-order valence-corrected chi connectivity index (χ1v) is 9.61. The number of piperidine rings is 1. The highest BCUT2D eigenvalue weighted by molar-refractivity contribution is 6.07. The van der Waals surface area contributed by atoms with Crippen LogP contribution < -0.4 is 15.4 Å². The second-order valence-corrected chi connectivity index (χ2v) is 7.52. The maximum Gasteiger partial charge on any atom is 0.252 e. The number of guanidine groups is 1. The van der Waals surface area contributed by atoms with Gasteiger partial charge >= 0.3 is 0 Å². The lowest BCUT2D eigenvalue weighted by Crippen LogP contribution is -2.47. The summed E-state index contributed by atoms with van der Waals surface area (Å²) in [5.74, 6) is 2.05. The lowest BCUT2D eigenvalue weighted by atomic mass is 9.92. The Morgan fingerprint density at radius 1 is 1.26 bits per heavy atom. The van der Waals surface area contributed by atoms with Gasteiger partial charge in [0, 0.05) is 18.8 Å². The fraction of sp³-hybridized carbons (Fsp3) is 0.550. The summed E-state index contributed by atoms with van der Waals surface area (Å²) in [5, 5.41) is 5.66. The van der Waals surface area contributed by atoms with Gasteiger partial charge < -0.3 is 15.0 Å². The van der Waals surface area contributed by atoms with Gasteiger partial charge in [-0.1, -0.05) is 13.8 Å². The first kappa shape index (κ1) is 19.2. The third kappa shape index (κ3) is 4.99. The molecule has 27 heavy (non-hydrogen) atoms. The highest BCUT2D eigenvalue weighted by Crippen LogP contribution is 2.22. The molecule has 0 aromatic heterocycles. The minimum Gasteiger partial charge on any atom is -0.494 e. The summed E-state index contributed by atoms with van der Waals surface area (Å²) in [6, 6.07) is 6.49. The molecular formula is C20H28N4O3. The van der Waals surface area contributed by atoms with Crippen molar-refractivity contribution < 1.29 is 14.3 Å². The quantitative estimate of drug-likeness (QED) is 0.830. The summed E-state index contributed by atoms with van der Waals surface area (Å²) in [7, 11) is 0. The van der Waals surface area contributed by atoms with Crippen molar-refractivity contribution in [3.05, 3.63) is 24.3 Å². The molecule has 2 N–H and O–H groups in total. The molecule has 2 aliphatic heterocycles. The Balaban J connectivity index is 1.57. The van der Waals surface area contributed by atoms with Gasteiger partial charge in [-0.3, -0.25) is 14.9 Å². The molecule has 0 saturated carbocycles. The predicted molar refractivity (Wildman–Crippen MR) is 105 cm³/mol. The van der Waals surface area contributed by atoms with Gasteiger partial charge in [-0.15, -0.1) is 0 Å². The van der Waals surface area contributed by atoms with Crippen LogP contribution in [0.2, 0.25) is 0 Å². The molecule has 0 radical (unpaired) electrons. The molecule has 0 bridgehead atoms. The molecule has 2 amide bonds. The van der Waals surface area contributed by atoms with E-state index in [4.69, 9.17) is 4.74 Å². The Bertz CT molecular complexity index is 706. The maximum atomic E-state index is 12.3. The van der Waals surface area contributed by atoms with Gasteiger partial charge in [0.2, 0.25) is 11.9 Å². The predicted octanol–water partition coefficient (Wildman–Crippen LogP) is 2.25. The molecule has 3 atom stereocenters. The Morgan fingerprint density at radius 3 is 2.56 bits per heavy atom. The van der Waals surface area contributed by atoms with Gasteiger partial charge in [0.15, 0.2) is 0 Å². The Kier molecular flexibility index (Phi) is 5.98. The van der Waals surface area contributed by atoms with E-state index in [0.717, 1.165) is 18.8 Å². The monoisotopic (exact) mass is 372 g/mol. The van der Waals surface area contributed by atoms with Crippen molar-refractivity contribution in [3.63, 3.8) is 0 Å². The van der Waals surface area contributed by atoms with Crippen molar-refractivity contribution in [2.24, 2.45) is 16.8 Å². The van der Waals surface area contributed by atoms with Crippen molar-refractivity contribution in [1.82, 2.24) is 10.2 Å². The summed E-state index contributed by atoms with van der Waals surface area (Å²) in [4.78, 5) is 31.2. The first-order valence-electron chi connectivity index (χ1n) is 9.61. The molecule has 0 aliphatic carbocycles. The Labute approximate surface area is 160 Å². The van der Waals surface area contributed by atoms with Crippen LogP contribution in [-0.2, 0) is 9.59 Å². The van der Waals surface area contributed by atoms with E-state index in [2.05, 4.69) is 34.4 Å². The maximum absolute atomic E-state index is 12.3. The number of carbonyl (C=O) groups excluding carboxylic acids is 2. The summed E-state index contributed by atoms with van der Waals surface area (Å²) in [6.45, 7) is 8.70. The van der Waals surface area contributed by atoms with Gasteiger partial charge in [0.25, 0.3) is 5.91 Å². The molecule has 2 heterocycles. The fourth-order valence-corrected chi connectivity index (χ4v) is 3.76. The molecule has 0 unspecified atom stereocenters. The molecule has 1 saturated heterocycles. The van der Waals surface area contributed by atoms with E-state index < -0.39 is 6.04 Å². The van der Waals surface area contributed by atoms with Crippen LogP contribution >= 0.6 is 0 Å². The first-order chi connectivity index (χ1) is 12.9. The van der Waals surface area contributed by atoms with Gasteiger partial charge in [-0.2, -0.15) is 0 Å². The van der Waals surface area contributed by atoms with E-state index in [1.807, 2.05) is 6.92 Å². The van der Waals surface area contributed by atoms with E-state index in [0.29, 0.717) is 30.1 Å². The number of hydrogen-bond acceptors (Lipinski definition) is 5. The second-order valence-electron chi connectivity index (χ2n) is 7.52. The van der Waals surface area contributed by atoms with Gasteiger partial charge in [-0.25, -0.2) is 4.99 Å². The summed E-state index contributed by atoms with van der Waals surface area (Å²) in [5.41, 5.74) is 0.671. The average Bonchev–Trinajstić information content (AvgIpc) is 2.97. The normalized spacial score (nSPS) is 25.0. The van der Waals surface area contributed by atoms with Crippen LogP contribution in [0.3, 0.4) is 0 Å². The average molecular weight is 372 g/mol. The number of aliphatic imine (C=N–C) groups is 1. The lowest BCUT2D eigenvalue weighted by Gasteiger charge is -2.35. The zero-order valence-electron chi connectivity index (χ0n) is 16.2. The van der Waals surface area contributed by atoms with Crippen molar-refractivity contribution in [1.29, 1.82) is 0 Å². The summed E-state index contributed by atoms with van der Waals surface area (Å²) >= 11 is 0. The number of nitrogens with zero attached hydrogens (tertiary/aromatic N) is 2. The van der Waals surface area contributed by atoms with Crippen molar-refractivity contribution in [3.8, 4) is 5.75 Å². The van der Waals surface area contributed by atoms with Gasteiger partial charge in [-0.05, 0) is 49.4 Å². The molecule has 7 heteroatoms. The number of likely N-dealkylation sites (tertiary alicyclic amines) is 1. The SMILES string of the molecule is CCOc1ccc(NC(=O)C[C@H]2N=C(N3C[C@H](C)C[C@H](C)C3)NC2=O)cc1. The van der Waals surface area contributed by atoms with Crippen LogP contribution in [0, 0.1) is 11.8 Å². The highest BCUT2D eigenvalue weighted by Gasteiger charge is 2.33. The molecule has 146 valence electrons. The number of hydrogen-bond donors (Lipinski definition) is 2. The number of rotatable bonds is 5. The van der Waals surface area contributed by atoms with E-state index in [1.54, 1.807) is 24.3 Å². The van der Waals surface area contributed by atoms with Crippen molar-refractivity contribution >= 4 is 23.5 Å². The zero-order valence-corrected chi connectivity index (χ0v) is 16.2. The zero-order chi connectivity index (χ0) is 19.4. The van der Waals surface area contributed by atoms with E-state index >= 15 is 0 Å². The third-order valence-corrected chi connectivity index (χ3v) is 4.81. The van der Waals surface area contributed by atoms with Crippen LogP contribution in [-0.4, -0.2) is 48.4 Å². The number of nitrogens with one attached hydrogen (secondary N) is 2. The molecule has 7 nitrogen and oxygen atoms in total. The largest absolute Gasteiger partial charge is 0.494 e. The minimum atomic E-state index is -0.671. The number of anilines is 1. The van der Waals surface area contributed by atoms with Crippen LogP contribution in [0.25, 0.3) is 0 Å².